The minimum Gasteiger partial charge on any atom is -0.491 e. The normalized spacial score (nSPS) is 13.0. The predicted molar refractivity (Wildman–Crippen MR) is 67.9 cm³/mol. The Morgan fingerprint density at radius 3 is 2.32 bits per heavy atom. The van der Waals surface area contributed by atoms with E-state index in [2.05, 4.69) is 14.8 Å². The minimum atomic E-state index is -1.32. The van der Waals surface area contributed by atoms with Crippen LogP contribution < -0.4 is 10.1 Å². The van der Waals surface area contributed by atoms with E-state index in [0.29, 0.717) is 5.75 Å². The number of amides is 1. The fourth-order valence-electron chi connectivity index (χ4n) is 1.39. The fraction of sp³-hybridized carbons (Fsp3) is 0.385. The van der Waals surface area contributed by atoms with Gasteiger partial charge in [-0.3, -0.25) is 0 Å². The molecule has 1 aromatic carbocycles. The molecule has 0 saturated carbocycles. The highest BCUT2D eigenvalue weighted by Gasteiger charge is 2.37. The molecule has 19 heavy (non-hydrogen) atoms. The number of benzene rings is 1. The fourth-order valence-corrected chi connectivity index (χ4v) is 1.39. The topological polar surface area (TPSA) is 73.9 Å². The summed E-state index contributed by atoms with van der Waals surface area (Å²) in [5.41, 5.74) is -1.32. The number of ether oxygens (including phenoxy) is 3. The quantitative estimate of drug-likeness (QED) is 0.815. The van der Waals surface area contributed by atoms with Crippen LogP contribution in [0.3, 0.4) is 0 Å². The van der Waals surface area contributed by atoms with Crippen molar-refractivity contribution >= 4 is 12.1 Å². The Labute approximate surface area is 111 Å². The number of nitrogens with one attached hydrogen (secondary N) is 1. The third-order valence-electron chi connectivity index (χ3n) is 2.47. The number of hydrogen-bond acceptors (Lipinski definition) is 5. The van der Waals surface area contributed by atoms with E-state index in [1.54, 1.807) is 24.3 Å². The van der Waals surface area contributed by atoms with Crippen molar-refractivity contribution in [1.82, 2.24) is 5.32 Å². The first kappa shape index (κ1) is 14.8. The molecule has 0 fully saturated rings. The van der Waals surface area contributed by atoms with Gasteiger partial charge in [-0.1, -0.05) is 18.2 Å². The van der Waals surface area contributed by atoms with Crippen LogP contribution in [-0.2, 0) is 14.3 Å². The van der Waals surface area contributed by atoms with Crippen LogP contribution in [-0.4, -0.2) is 38.4 Å². The Morgan fingerprint density at radius 1 is 1.16 bits per heavy atom. The van der Waals surface area contributed by atoms with Crippen LogP contribution in [0.4, 0.5) is 4.79 Å². The van der Waals surface area contributed by atoms with Gasteiger partial charge in [0.05, 0.1) is 14.2 Å². The molecule has 1 aromatic rings. The highest BCUT2D eigenvalue weighted by Crippen LogP contribution is 2.13. The minimum absolute atomic E-state index is 0.0706. The summed E-state index contributed by atoms with van der Waals surface area (Å²) >= 11 is 0. The number of alkyl carbamates (subject to hydrolysis) is 1. The molecule has 1 amide bonds. The zero-order valence-electron chi connectivity index (χ0n) is 11.1. The Morgan fingerprint density at radius 2 is 1.79 bits per heavy atom. The van der Waals surface area contributed by atoms with Gasteiger partial charge < -0.3 is 19.5 Å². The summed E-state index contributed by atoms with van der Waals surface area (Å²) < 4.78 is 14.6. The lowest BCUT2D eigenvalue weighted by molar-refractivity contribution is -0.148. The van der Waals surface area contributed by atoms with E-state index in [1.165, 1.54) is 21.1 Å². The Balaban J connectivity index is 2.74. The molecule has 0 spiro atoms. The molecule has 6 heteroatoms. The second kappa shape index (κ2) is 6.63. The Kier molecular flexibility index (Phi) is 5.17. The van der Waals surface area contributed by atoms with Gasteiger partial charge in [0.2, 0.25) is 0 Å². The number of methoxy groups -OCH3 is 2. The molecule has 0 aliphatic heterocycles. The summed E-state index contributed by atoms with van der Waals surface area (Å²) in [6.45, 7) is 1.43. The van der Waals surface area contributed by atoms with Crippen LogP contribution in [0.25, 0.3) is 0 Å². The van der Waals surface area contributed by atoms with Crippen LogP contribution in [0.2, 0.25) is 0 Å². The maximum Gasteiger partial charge on any atom is 0.407 e. The Bertz CT molecular complexity index is 434. The molecule has 0 aliphatic rings. The van der Waals surface area contributed by atoms with Gasteiger partial charge in [0.1, 0.15) is 12.4 Å². The standard InChI is InChI=1S/C13H17NO5/c1-13(11(15)17-2,14-12(16)18-3)9-19-10-7-5-4-6-8-10/h4-8H,9H2,1-3H3,(H,14,16). The molecule has 6 nitrogen and oxygen atoms in total. The van der Waals surface area contributed by atoms with Gasteiger partial charge in [-0.15, -0.1) is 0 Å². The summed E-state index contributed by atoms with van der Waals surface area (Å²) in [5.74, 6) is -0.0295. The van der Waals surface area contributed by atoms with Crippen molar-refractivity contribution in [1.29, 1.82) is 0 Å². The van der Waals surface area contributed by atoms with Gasteiger partial charge in [-0.25, -0.2) is 9.59 Å². The smallest absolute Gasteiger partial charge is 0.407 e. The molecule has 1 atom stereocenters. The van der Waals surface area contributed by atoms with Crippen LogP contribution in [0.5, 0.6) is 5.75 Å². The molecule has 104 valence electrons. The number of carbonyl (C=O) groups is 2. The molecule has 0 bridgehead atoms. The maximum absolute atomic E-state index is 11.7. The van der Waals surface area contributed by atoms with Gasteiger partial charge in [0, 0.05) is 0 Å². The van der Waals surface area contributed by atoms with Crippen LogP contribution >= 0.6 is 0 Å². The van der Waals surface area contributed by atoms with E-state index in [-0.39, 0.29) is 6.61 Å². The number of hydrogen-bond donors (Lipinski definition) is 1. The average Bonchev–Trinajstić information content (AvgIpc) is 2.45. The van der Waals surface area contributed by atoms with Gasteiger partial charge in [-0.05, 0) is 19.1 Å². The lowest BCUT2D eigenvalue weighted by Crippen LogP contribution is -2.56. The van der Waals surface area contributed by atoms with Crippen LogP contribution in [0.1, 0.15) is 6.92 Å². The van der Waals surface area contributed by atoms with Gasteiger partial charge >= 0.3 is 12.1 Å². The number of para-hydroxylation sites is 1. The molecule has 1 rings (SSSR count). The second-order valence-corrected chi connectivity index (χ2v) is 4.04. The highest BCUT2D eigenvalue weighted by atomic mass is 16.5. The van der Waals surface area contributed by atoms with Crippen LogP contribution in [0.15, 0.2) is 30.3 Å². The van der Waals surface area contributed by atoms with Crippen molar-refractivity contribution in [2.75, 3.05) is 20.8 Å². The second-order valence-electron chi connectivity index (χ2n) is 4.04. The van der Waals surface area contributed by atoms with Crippen molar-refractivity contribution in [2.24, 2.45) is 0 Å². The highest BCUT2D eigenvalue weighted by molar-refractivity contribution is 5.85. The van der Waals surface area contributed by atoms with E-state index in [0.717, 1.165) is 0 Å². The summed E-state index contributed by atoms with van der Waals surface area (Å²) in [5, 5.41) is 2.40. The summed E-state index contributed by atoms with van der Waals surface area (Å²) in [4.78, 5) is 23.0. The third kappa shape index (κ3) is 4.17. The average molecular weight is 267 g/mol. The SMILES string of the molecule is COC(=O)NC(C)(COc1ccccc1)C(=O)OC. The summed E-state index contributed by atoms with van der Waals surface area (Å²) in [7, 11) is 2.45. The van der Waals surface area contributed by atoms with E-state index in [4.69, 9.17) is 4.74 Å². The van der Waals surface area contributed by atoms with Gasteiger partial charge in [0.15, 0.2) is 5.54 Å². The van der Waals surface area contributed by atoms with Crippen molar-refractivity contribution < 1.29 is 23.8 Å². The van der Waals surface area contributed by atoms with Gasteiger partial charge in [0.25, 0.3) is 0 Å². The molecular formula is C13H17NO5. The molecule has 1 N–H and O–H groups in total. The summed E-state index contributed by atoms with van der Waals surface area (Å²) in [6.07, 6.45) is -0.732. The van der Waals surface area contributed by atoms with E-state index in [9.17, 15) is 9.59 Å². The van der Waals surface area contributed by atoms with E-state index < -0.39 is 17.6 Å². The number of carbonyl (C=O) groups excluding carboxylic acids is 2. The summed E-state index contributed by atoms with van der Waals surface area (Å²) in [6, 6.07) is 8.95. The molecular weight excluding hydrogens is 250 g/mol. The van der Waals surface area contributed by atoms with Gasteiger partial charge in [-0.2, -0.15) is 0 Å². The molecule has 0 aromatic heterocycles. The first-order chi connectivity index (χ1) is 9.01. The van der Waals surface area contributed by atoms with Crippen LogP contribution in [0, 0.1) is 0 Å². The zero-order valence-corrected chi connectivity index (χ0v) is 11.1. The number of rotatable bonds is 5. The first-order valence-corrected chi connectivity index (χ1v) is 5.64. The van der Waals surface area contributed by atoms with Crippen molar-refractivity contribution in [2.45, 2.75) is 12.5 Å². The monoisotopic (exact) mass is 267 g/mol. The molecule has 0 radical (unpaired) electrons. The lowest BCUT2D eigenvalue weighted by atomic mass is 10.0. The van der Waals surface area contributed by atoms with E-state index in [1.807, 2.05) is 6.07 Å². The predicted octanol–water partition coefficient (Wildman–Crippen LogP) is 1.35. The molecule has 1 unspecified atom stereocenters. The Hall–Kier alpha value is -2.24. The molecule has 0 heterocycles. The maximum atomic E-state index is 11.7. The van der Waals surface area contributed by atoms with E-state index >= 15 is 0 Å². The van der Waals surface area contributed by atoms with Crippen molar-refractivity contribution in [3.05, 3.63) is 30.3 Å². The third-order valence-corrected chi connectivity index (χ3v) is 2.47. The van der Waals surface area contributed by atoms with Crippen molar-refractivity contribution in [3.63, 3.8) is 0 Å². The van der Waals surface area contributed by atoms with Crippen molar-refractivity contribution in [3.8, 4) is 5.75 Å². The largest absolute Gasteiger partial charge is 0.491 e. The first-order valence-electron chi connectivity index (χ1n) is 5.64. The molecule has 0 saturated heterocycles. The molecule has 0 aliphatic carbocycles. The lowest BCUT2D eigenvalue weighted by Gasteiger charge is -2.27. The zero-order chi connectivity index (χ0) is 14.3. The number of esters is 1.